The van der Waals surface area contributed by atoms with Gasteiger partial charge in [0.2, 0.25) is 5.91 Å². The Hall–Kier alpha value is -2.08. The van der Waals surface area contributed by atoms with Crippen molar-refractivity contribution in [2.24, 2.45) is 7.05 Å². The Bertz CT molecular complexity index is 692. The van der Waals surface area contributed by atoms with Crippen LogP contribution in [0.3, 0.4) is 0 Å². The van der Waals surface area contributed by atoms with E-state index in [1.165, 1.54) is 5.56 Å². The van der Waals surface area contributed by atoms with E-state index < -0.39 is 0 Å². The third-order valence-corrected chi connectivity index (χ3v) is 4.03. The molecule has 0 saturated heterocycles. The molecular formula is C17H20BrN3O2. The molecule has 0 fully saturated rings. The van der Waals surface area contributed by atoms with Crippen molar-refractivity contribution >= 4 is 27.7 Å². The van der Waals surface area contributed by atoms with E-state index in [-0.39, 0.29) is 11.8 Å². The van der Waals surface area contributed by atoms with Crippen LogP contribution in [0.2, 0.25) is 0 Å². The van der Waals surface area contributed by atoms with Crippen LogP contribution in [0, 0.1) is 0 Å². The molecule has 0 aliphatic rings. The van der Waals surface area contributed by atoms with Gasteiger partial charge in [0.15, 0.2) is 0 Å². The van der Waals surface area contributed by atoms with Gasteiger partial charge in [-0.05, 0) is 46.0 Å². The molecule has 0 saturated carbocycles. The minimum atomic E-state index is -0.348. The zero-order valence-electron chi connectivity index (χ0n) is 13.2. The quantitative estimate of drug-likeness (QED) is 0.786. The number of halogens is 1. The summed E-state index contributed by atoms with van der Waals surface area (Å²) >= 11 is 3.30. The van der Waals surface area contributed by atoms with Crippen molar-refractivity contribution < 1.29 is 9.59 Å². The van der Waals surface area contributed by atoms with E-state index in [2.05, 4.69) is 45.8 Å². The van der Waals surface area contributed by atoms with Gasteiger partial charge in [-0.25, -0.2) is 0 Å². The Labute approximate surface area is 144 Å². The lowest BCUT2D eigenvalue weighted by Gasteiger charge is -2.08. The molecule has 1 aromatic heterocycles. The first-order valence-corrected chi connectivity index (χ1v) is 8.27. The Morgan fingerprint density at radius 3 is 2.35 bits per heavy atom. The SMILES string of the molecule is CCc1ccc(CCC(=O)NNC(=O)c2cc(Br)cn2C)cc1. The lowest BCUT2D eigenvalue weighted by molar-refractivity contribution is -0.121. The molecular weight excluding hydrogens is 358 g/mol. The van der Waals surface area contributed by atoms with Crippen LogP contribution in [-0.4, -0.2) is 16.4 Å². The summed E-state index contributed by atoms with van der Waals surface area (Å²) in [6.07, 6.45) is 3.74. The molecule has 1 heterocycles. The zero-order chi connectivity index (χ0) is 16.8. The molecule has 122 valence electrons. The standard InChI is InChI=1S/C17H20BrN3O2/c1-3-12-4-6-13(7-5-12)8-9-16(22)19-20-17(23)15-10-14(18)11-21(15)2/h4-7,10-11H,3,8-9H2,1-2H3,(H,19,22)(H,20,23). The second-order valence-electron chi connectivity index (χ2n) is 5.33. The minimum absolute atomic E-state index is 0.216. The van der Waals surface area contributed by atoms with Crippen molar-refractivity contribution in [1.82, 2.24) is 15.4 Å². The van der Waals surface area contributed by atoms with Crippen LogP contribution in [0.15, 0.2) is 41.0 Å². The van der Waals surface area contributed by atoms with Crippen LogP contribution in [0.25, 0.3) is 0 Å². The number of hydrogen-bond acceptors (Lipinski definition) is 2. The summed E-state index contributed by atoms with van der Waals surface area (Å²) in [5.74, 6) is -0.565. The Morgan fingerprint density at radius 2 is 1.78 bits per heavy atom. The number of rotatable bonds is 5. The largest absolute Gasteiger partial charge is 0.345 e. The first-order valence-electron chi connectivity index (χ1n) is 7.48. The average molecular weight is 378 g/mol. The number of nitrogens with zero attached hydrogens (tertiary/aromatic N) is 1. The molecule has 0 aliphatic heterocycles. The molecule has 0 atom stereocenters. The number of nitrogens with one attached hydrogen (secondary N) is 2. The van der Waals surface area contributed by atoms with Gasteiger partial charge in [0.1, 0.15) is 5.69 Å². The van der Waals surface area contributed by atoms with E-state index in [0.29, 0.717) is 18.5 Å². The highest BCUT2D eigenvalue weighted by molar-refractivity contribution is 9.10. The summed E-state index contributed by atoms with van der Waals surface area (Å²) in [4.78, 5) is 23.8. The van der Waals surface area contributed by atoms with Gasteiger partial charge in [-0.15, -0.1) is 0 Å². The number of aromatic nitrogens is 1. The zero-order valence-corrected chi connectivity index (χ0v) is 14.8. The predicted octanol–water partition coefficient (Wildman–Crippen LogP) is 2.74. The summed E-state index contributed by atoms with van der Waals surface area (Å²) in [6, 6.07) is 9.90. The lowest BCUT2D eigenvalue weighted by atomic mass is 10.1. The molecule has 0 spiro atoms. The van der Waals surface area contributed by atoms with Gasteiger partial charge in [0, 0.05) is 24.1 Å². The van der Waals surface area contributed by atoms with Crippen molar-refractivity contribution in [1.29, 1.82) is 0 Å². The average Bonchev–Trinajstić information content (AvgIpc) is 2.89. The van der Waals surface area contributed by atoms with Crippen molar-refractivity contribution in [3.05, 3.63) is 57.8 Å². The third kappa shape index (κ3) is 4.96. The van der Waals surface area contributed by atoms with Gasteiger partial charge >= 0.3 is 0 Å². The van der Waals surface area contributed by atoms with Crippen LogP contribution < -0.4 is 10.9 Å². The van der Waals surface area contributed by atoms with E-state index in [1.54, 1.807) is 23.9 Å². The molecule has 23 heavy (non-hydrogen) atoms. The molecule has 1 aromatic carbocycles. The highest BCUT2D eigenvalue weighted by atomic mass is 79.9. The highest BCUT2D eigenvalue weighted by Gasteiger charge is 2.11. The van der Waals surface area contributed by atoms with Crippen LogP contribution in [-0.2, 0) is 24.7 Å². The number of amides is 2. The summed E-state index contributed by atoms with van der Waals surface area (Å²) in [5, 5.41) is 0. The van der Waals surface area contributed by atoms with Gasteiger partial charge in [0.05, 0.1) is 0 Å². The maximum atomic E-state index is 12.0. The molecule has 2 rings (SSSR count). The predicted molar refractivity (Wildman–Crippen MR) is 92.9 cm³/mol. The number of carbonyl (C=O) groups excluding carboxylic acids is 2. The second-order valence-corrected chi connectivity index (χ2v) is 6.24. The first-order chi connectivity index (χ1) is 11.0. The summed E-state index contributed by atoms with van der Waals surface area (Å²) in [5.41, 5.74) is 7.72. The van der Waals surface area contributed by atoms with E-state index in [0.717, 1.165) is 16.5 Å². The molecule has 0 bridgehead atoms. The topological polar surface area (TPSA) is 63.1 Å². The van der Waals surface area contributed by atoms with Crippen molar-refractivity contribution in [3.8, 4) is 0 Å². The molecule has 0 unspecified atom stereocenters. The monoisotopic (exact) mass is 377 g/mol. The number of hydrogen-bond donors (Lipinski definition) is 2. The van der Waals surface area contributed by atoms with Crippen molar-refractivity contribution in [3.63, 3.8) is 0 Å². The highest BCUT2D eigenvalue weighted by Crippen LogP contribution is 2.13. The molecule has 0 radical (unpaired) electrons. The first kappa shape index (κ1) is 17.3. The number of aryl methyl sites for hydroxylation is 3. The Morgan fingerprint density at radius 1 is 1.13 bits per heavy atom. The van der Waals surface area contributed by atoms with Crippen molar-refractivity contribution in [2.45, 2.75) is 26.2 Å². The second kappa shape index (κ2) is 7.97. The van der Waals surface area contributed by atoms with Crippen LogP contribution in [0.4, 0.5) is 0 Å². The molecule has 0 aliphatic carbocycles. The summed E-state index contributed by atoms with van der Waals surface area (Å²) in [7, 11) is 1.77. The van der Waals surface area contributed by atoms with Gasteiger partial charge in [0.25, 0.3) is 5.91 Å². The van der Waals surface area contributed by atoms with E-state index in [4.69, 9.17) is 0 Å². The molecule has 2 aromatic rings. The number of hydrazine groups is 1. The minimum Gasteiger partial charge on any atom is -0.345 e. The smallest absolute Gasteiger partial charge is 0.286 e. The Kier molecular flexibility index (Phi) is 5.98. The summed E-state index contributed by atoms with van der Waals surface area (Å²) in [6.45, 7) is 2.11. The molecule has 6 heteroatoms. The van der Waals surface area contributed by atoms with Gasteiger partial charge in [-0.1, -0.05) is 31.2 Å². The van der Waals surface area contributed by atoms with Crippen LogP contribution in [0.1, 0.15) is 35.0 Å². The van der Waals surface area contributed by atoms with E-state index >= 15 is 0 Å². The van der Waals surface area contributed by atoms with Crippen molar-refractivity contribution in [2.75, 3.05) is 0 Å². The normalized spacial score (nSPS) is 10.4. The third-order valence-electron chi connectivity index (χ3n) is 3.59. The van der Waals surface area contributed by atoms with Gasteiger partial charge in [-0.2, -0.15) is 0 Å². The maximum Gasteiger partial charge on any atom is 0.286 e. The van der Waals surface area contributed by atoms with Crippen LogP contribution in [0.5, 0.6) is 0 Å². The Balaban J connectivity index is 1.78. The fourth-order valence-corrected chi connectivity index (χ4v) is 2.73. The lowest BCUT2D eigenvalue weighted by Crippen LogP contribution is -2.42. The summed E-state index contributed by atoms with van der Waals surface area (Å²) < 4.78 is 2.49. The molecule has 2 N–H and O–H groups in total. The van der Waals surface area contributed by atoms with E-state index in [9.17, 15) is 9.59 Å². The molecule has 5 nitrogen and oxygen atoms in total. The maximum absolute atomic E-state index is 12.0. The van der Waals surface area contributed by atoms with Gasteiger partial charge < -0.3 is 4.57 Å². The number of benzene rings is 1. The fourth-order valence-electron chi connectivity index (χ4n) is 2.20. The fraction of sp³-hybridized carbons (Fsp3) is 0.294. The van der Waals surface area contributed by atoms with Crippen LogP contribution >= 0.6 is 15.9 Å². The molecule has 2 amide bonds. The number of carbonyl (C=O) groups is 2. The van der Waals surface area contributed by atoms with E-state index in [1.807, 2.05) is 12.1 Å². The van der Waals surface area contributed by atoms with Gasteiger partial charge in [-0.3, -0.25) is 20.4 Å².